The van der Waals surface area contributed by atoms with Crippen LogP contribution < -0.4 is 10.9 Å². The molecule has 0 amide bonds. The van der Waals surface area contributed by atoms with Crippen LogP contribution in [0.2, 0.25) is 0 Å². The Morgan fingerprint density at radius 1 is 1.00 bits per heavy atom. The summed E-state index contributed by atoms with van der Waals surface area (Å²) in [5, 5.41) is 0. The lowest BCUT2D eigenvalue weighted by Gasteiger charge is -2.58. The van der Waals surface area contributed by atoms with Crippen LogP contribution in [0.1, 0.15) is 131 Å². The highest BCUT2D eigenvalue weighted by Crippen LogP contribution is 2.67. The number of hydrogen-bond donors (Lipinski definition) is 2. The van der Waals surface area contributed by atoms with E-state index in [0.717, 1.165) is 74.2 Å². The molecular weight excluding hydrogens is 468 g/mol. The Morgan fingerprint density at radius 3 is 2.58 bits per heavy atom. The fraction of sp³-hybridized carbons (Fsp3) is 0.912. The molecule has 218 valence electrons. The van der Waals surface area contributed by atoms with E-state index in [4.69, 9.17) is 4.74 Å². The number of carbonyl (C=O) groups is 1. The van der Waals surface area contributed by atoms with Gasteiger partial charge in [0, 0.05) is 19.4 Å². The molecule has 0 aromatic carbocycles. The number of ether oxygens (including phenoxy) is 1. The molecule has 8 atom stereocenters. The van der Waals surface area contributed by atoms with E-state index in [2.05, 4.69) is 51.5 Å². The van der Waals surface area contributed by atoms with E-state index >= 15 is 0 Å². The molecule has 38 heavy (non-hydrogen) atoms. The summed E-state index contributed by atoms with van der Waals surface area (Å²) in [6.45, 7) is 13.5. The monoisotopic (exact) mass is 528 g/mol. The van der Waals surface area contributed by atoms with Gasteiger partial charge in [0.15, 0.2) is 0 Å². The van der Waals surface area contributed by atoms with E-state index in [1.165, 1.54) is 57.8 Å². The quantitative estimate of drug-likeness (QED) is 0.109. The Bertz CT molecular complexity index is 808. The van der Waals surface area contributed by atoms with Crippen LogP contribution >= 0.6 is 0 Å². The van der Waals surface area contributed by atoms with Crippen molar-refractivity contribution in [2.45, 2.75) is 137 Å². The molecule has 4 nitrogen and oxygen atoms in total. The van der Waals surface area contributed by atoms with Gasteiger partial charge in [0.1, 0.15) is 6.10 Å². The number of unbranched alkanes of at least 4 members (excludes halogenated alkanes) is 2. The summed E-state index contributed by atoms with van der Waals surface area (Å²) in [6, 6.07) is 0. The molecule has 0 bridgehead atoms. The third-order valence-electron chi connectivity index (χ3n) is 11.9. The van der Waals surface area contributed by atoms with Gasteiger partial charge in [-0.05, 0) is 111 Å². The molecule has 2 N–H and O–H groups in total. The highest BCUT2D eigenvalue weighted by atomic mass is 16.5. The van der Waals surface area contributed by atoms with Gasteiger partial charge in [0.2, 0.25) is 0 Å². The van der Waals surface area contributed by atoms with E-state index in [1.54, 1.807) is 5.57 Å². The topological polar surface area (TPSA) is 50.4 Å². The number of hydrogen-bond acceptors (Lipinski definition) is 4. The summed E-state index contributed by atoms with van der Waals surface area (Å²) in [6.07, 6.45) is 20.9. The average molecular weight is 529 g/mol. The number of nitrogens with one attached hydrogen (secondary N) is 2. The molecule has 0 aromatic heterocycles. The van der Waals surface area contributed by atoms with Gasteiger partial charge >= 0.3 is 5.97 Å². The largest absolute Gasteiger partial charge is 0.462 e. The molecule has 0 aromatic rings. The zero-order valence-electron chi connectivity index (χ0n) is 25.7. The standard InChI is InChI=1S/C34H60N2O2/c1-24(2)11-10-12-25(3)29-16-17-30-28-15-14-26-23-27(38-32(37)13-8-7-9-22-36-35-6)18-20-33(26,4)31(28)19-21-34(29,30)5/h14,24-25,27-31,35-36H,7-13,15-23H2,1-6H3. The van der Waals surface area contributed by atoms with Crippen molar-refractivity contribution in [1.29, 1.82) is 0 Å². The average Bonchev–Trinajstić information content (AvgIpc) is 3.23. The van der Waals surface area contributed by atoms with Crippen LogP contribution in [0.3, 0.4) is 0 Å². The van der Waals surface area contributed by atoms with Gasteiger partial charge in [0.25, 0.3) is 0 Å². The highest BCUT2D eigenvalue weighted by molar-refractivity contribution is 5.69. The number of rotatable bonds is 13. The SMILES string of the molecule is CNNCCCCCC(=O)OC1CCC2(C)C(=CCC3C2CCC2(C)C(C(C)CCCC(C)C)CCC32)C1. The number of carbonyl (C=O) groups excluding carboxylic acids is 1. The van der Waals surface area contributed by atoms with Crippen LogP contribution in [0, 0.1) is 46.3 Å². The predicted molar refractivity (Wildman–Crippen MR) is 158 cm³/mol. The van der Waals surface area contributed by atoms with Gasteiger partial charge < -0.3 is 4.74 Å². The van der Waals surface area contributed by atoms with E-state index in [0.29, 0.717) is 17.3 Å². The molecule has 8 unspecified atom stereocenters. The first-order chi connectivity index (χ1) is 18.2. The van der Waals surface area contributed by atoms with Gasteiger partial charge in [-0.15, -0.1) is 0 Å². The van der Waals surface area contributed by atoms with Crippen LogP contribution in [0.4, 0.5) is 0 Å². The van der Waals surface area contributed by atoms with E-state index < -0.39 is 0 Å². The lowest BCUT2D eigenvalue weighted by atomic mass is 9.47. The minimum atomic E-state index is 0.0161. The van der Waals surface area contributed by atoms with Crippen molar-refractivity contribution in [3.8, 4) is 0 Å². The van der Waals surface area contributed by atoms with Crippen molar-refractivity contribution in [1.82, 2.24) is 10.9 Å². The maximum Gasteiger partial charge on any atom is 0.306 e. The Labute approximate surface area is 234 Å². The Balaban J connectivity index is 1.31. The second-order valence-electron chi connectivity index (χ2n) is 14.6. The third-order valence-corrected chi connectivity index (χ3v) is 11.9. The normalized spacial score (nSPS) is 37.2. The van der Waals surface area contributed by atoms with Crippen molar-refractivity contribution in [3.05, 3.63) is 11.6 Å². The molecule has 0 aliphatic heterocycles. The first-order valence-electron chi connectivity index (χ1n) is 16.5. The molecular formula is C34H60N2O2. The first-order valence-corrected chi connectivity index (χ1v) is 16.5. The van der Waals surface area contributed by atoms with Crippen LogP contribution in [-0.4, -0.2) is 25.7 Å². The van der Waals surface area contributed by atoms with Crippen LogP contribution in [0.25, 0.3) is 0 Å². The van der Waals surface area contributed by atoms with Crippen molar-refractivity contribution < 1.29 is 9.53 Å². The molecule has 0 radical (unpaired) electrons. The van der Waals surface area contributed by atoms with E-state index in [9.17, 15) is 4.79 Å². The van der Waals surface area contributed by atoms with Crippen LogP contribution in [0.5, 0.6) is 0 Å². The summed E-state index contributed by atoms with van der Waals surface area (Å²) in [7, 11) is 1.89. The summed E-state index contributed by atoms with van der Waals surface area (Å²) in [4.78, 5) is 12.5. The second-order valence-corrected chi connectivity index (χ2v) is 14.6. The lowest BCUT2D eigenvalue weighted by Crippen LogP contribution is -2.51. The molecule has 0 saturated heterocycles. The minimum Gasteiger partial charge on any atom is -0.462 e. The summed E-state index contributed by atoms with van der Waals surface area (Å²) >= 11 is 0. The molecule has 4 aliphatic rings. The Hall–Kier alpha value is -0.870. The number of fused-ring (bicyclic) bond motifs is 5. The smallest absolute Gasteiger partial charge is 0.306 e. The van der Waals surface area contributed by atoms with Gasteiger partial charge in [-0.25, -0.2) is 0 Å². The summed E-state index contributed by atoms with van der Waals surface area (Å²) in [5.41, 5.74) is 8.56. The minimum absolute atomic E-state index is 0.0161. The van der Waals surface area contributed by atoms with Crippen molar-refractivity contribution >= 4 is 5.97 Å². The fourth-order valence-corrected chi connectivity index (χ4v) is 9.78. The summed E-state index contributed by atoms with van der Waals surface area (Å²) < 4.78 is 6.01. The van der Waals surface area contributed by atoms with E-state index in [-0.39, 0.29) is 12.1 Å². The number of allylic oxidation sites excluding steroid dienone is 1. The molecule has 4 heteroatoms. The third kappa shape index (κ3) is 6.54. The molecule has 4 rings (SSSR count). The molecule has 0 heterocycles. The van der Waals surface area contributed by atoms with Gasteiger partial charge in [-0.1, -0.05) is 72.0 Å². The zero-order valence-corrected chi connectivity index (χ0v) is 25.7. The predicted octanol–water partition coefficient (Wildman–Crippen LogP) is 8.22. The van der Waals surface area contributed by atoms with Gasteiger partial charge in [-0.3, -0.25) is 15.6 Å². The van der Waals surface area contributed by atoms with Gasteiger partial charge in [-0.2, -0.15) is 0 Å². The first kappa shape index (κ1) is 30.1. The second kappa shape index (κ2) is 13.2. The van der Waals surface area contributed by atoms with Crippen molar-refractivity contribution in [2.24, 2.45) is 46.3 Å². The Morgan fingerprint density at radius 2 is 1.82 bits per heavy atom. The molecule has 4 aliphatic carbocycles. The van der Waals surface area contributed by atoms with Crippen LogP contribution in [0.15, 0.2) is 11.6 Å². The molecule has 3 saturated carbocycles. The fourth-order valence-electron chi connectivity index (χ4n) is 9.78. The van der Waals surface area contributed by atoms with Crippen LogP contribution in [-0.2, 0) is 9.53 Å². The van der Waals surface area contributed by atoms with E-state index in [1.807, 2.05) is 7.05 Å². The Kier molecular flexibility index (Phi) is 10.5. The maximum absolute atomic E-state index is 12.5. The molecule has 0 spiro atoms. The van der Waals surface area contributed by atoms with Crippen molar-refractivity contribution in [2.75, 3.05) is 13.6 Å². The zero-order chi connectivity index (χ0) is 27.3. The lowest BCUT2D eigenvalue weighted by molar-refractivity contribution is -0.151. The van der Waals surface area contributed by atoms with Gasteiger partial charge in [0.05, 0.1) is 0 Å². The highest BCUT2D eigenvalue weighted by Gasteiger charge is 2.59. The maximum atomic E-state index is 12.5. The number of esters is 1. The van der Waals surface area contributed by atoms with Crippen molar-refractivity contribution in [3.63, 3.8) is 0 Å². The summed E-state index contributed by atoms with van der Waals surface area (Å²) in [5.74, 6) is 5.26. The molecule has 3 fully saturated rings. The number of hydrazine groups is 1.